The second kappa shape index (κ2) is 5.36. The monoisotopic (exact) mass is 287 g/mol. The normalized spacial score (nSPS) is 11.2. The van der Waals surface area contributed by atoms with E-state index in [-0.39, 0.29) is 17.0 Å². The number of methoxy groups -OCH3 is 1. The van der Waals surface area contributed by atoms with Gasteiger partial charge in [-0.05, 0) is 12.1 Å². The summed E-state index contributed by atoms with van der Waals surface area (Å²) in [4.78, 5) is 3.82. The molecular formula is C13H9F4NO2. The van der Waals surface area contributed by atoms with Crippen molar-refractivity contribution in [1.29, 1.82) is 0 Å². The van der Waals surface area contributed by atoms with E-state index in [1.54, 1.807) is 0 Å². The van der Waals surface area contributed by atoms with Crippen LogP contribution in [-0.2, 0) is 0 Å². The highest BCUT2D eigenvalue weighted by Gasteiger charge is 2.31. The molecule has 2 aromatic rings. The summed E-state index contributed by atoms with van der Waals surface area (Å²) in [6.45, 7) is 0. The van der Waals surface area contributed by atoms with Crippen LogP contribution < -0.4 is 9.47 Å². The van der Waals surface area contributed by atoms with E-state index in [1.165, 1.54) is 25.4 Å². The Morgan fingerprint density at radius 1 is 1.10 bits per heavy atom. The molecule has 3 nitrogen and oxygen atoms in total. The third-order valence-electron chi connectivity index (χ3n) is 2.39. The van der Waals surface area contributed by atoms with Crippen LogP contribution in [-0.4, -0.2) is 18.5 Å². The molecule has 2 rings (SSSR count). The summed E-state index contributed by atoms with van der Waals surface area (Å²) in [6, 6.07) is 6.03. The van der Waals surface area contributed by atoms with Crippen molar-refractivity contribution in [1.82, 2.24) is 4.98 Å². The molecule has 0 spiro atoms. The predicted octanol–water partition coefficient (Wildman–Crippen LogP) is 3.79. The minimum Gasteiger partial charge on any atom is -0.495 e. The predicted molar refractivity (Wildman–Crippen MR) is 62.9 cm³/mol. The van der Waals surface area contributed by atoms with Crippen molar-refractivity contribution in [3.63, 3.8) is 0 Å². The first-order valence-corrected chi connectivity index (χ1v) is 5.45. The molecule has 1 aromatic carbocycles. The number of alkyl halides is 3. The molecular weight excluding hydrogens is 278 g/mol. The van der Waals surface area contributed by atoms with E-state index in [2.05, 4.69) is 9.72 Å². The highest BCUT2D eigenvalue weighted by atomic mass is 19.4. The second-order valence-corrected chi connectivity index (χ2v) is 3.78. The summed E-state index contributed by atoms with van der Waals surface area (Å²) < 4.78 is 58.7. The first kappa shape index (κ1) is 14.1. The molecule has 0 aliphatic rings. The number of halogens is 4. The lowest BCUT2D eigenvalue weighted by molar-refractivity contribution is -0.274. The smallest absolute Gasteiger partial charge is 0.495 e. The summed E-state index contributed by atoms with van der Waals surface area (Å²) in [5.74, 6) is -0.922. The lowest BCUT2D eigenvalue weighted by atomic mass is 10.1. The third-order valence-corrected chi connectivity index (χ3v) is 2.39. The standard InChI is InChI=1S/C13H9F4NO2/c1-19-10-6-11(14)12(18-7-10)8-3-2-4-9(5-8)20-13(15,16)17/h2-7H,1H3. The number of hydrogen-bond acceptors (Lipinski definition) is 3. The van der Waals surface area contributed by atoms with Gasteiger partial charge in [0.05, 0.1) is 13.3 Å². The van der Waals surface area contributed by atoms with Gasteiger partial charge in [-0.3, -0.25) is 0 Å². The summed E-state index contributed by atoms with van der Waals surface area (Å²) in [7, 11) is 1.36. The lowest BCUT2D eigenvalue weighted by Crippen LogP contribution is -2.17. The molecule has 0 N–H and O–H groups in total. The van der Waals surface area contributed by atoms with E-state index < -0.39 is 17.9 Å². The van der Waals surface area contributed by atoms with Gasteiger partial charge in [0.2, 0.25) is 0 Å². The van der Waals surface area contributed by atoms with Crippen molar-refractivity contribution < 1.29 is 27.0 Å². The summed E-state index contributed by atoms with van der Waals surface area (Å²) >= 11 is 0. The summed E-state index contributed by atoms with van der Waals surface area (Å²) in [5, 5.41) is 0. The van der Waals surface area contributed by atoms with E-state index >= 15 is 0 Å². The Morgan fingerprint density at radius 3 is 2.45 bits per heavy atom. The molecule has 7 heteroatoms. The molecule has 0 amide bonds. The number of rotatable bonds is 3. The summed E-state index contributed by atoms with van der Waals surface area (Å²) in [5.41, 5.74) is 0.0883. The lowest BCUT2D eigenvalue weighted by Gasteiger charge is -2.10. The molecule has 1 heterocycles. The first-order valence-electron chi connectivity index (χ1n) is 5.45. The molecule has 0 aliphatic carbocycles. The molecule has 0 fully saturated rings. The Balaban J connectivity index is 2.36. The van der Waals surface area contributed by atoms with Gasteiger partial charge in [-0.15, -0.1) is 13.2 Å². The van der Waals surface area contributed by atoms with E-state index in [0.717, 1.165) is 18.2 Å². The highest BCUT2D eigenvalue weighted by Crippen LogP contribution is 2.29. The Kier molecular flexibility index (Phi) is 3.78. The minimum atomic E-state index is -4.80. The van der Waals surface area contributed by atoms with Gasteiger partial charge >= 0.3 is 6.36 Å². The van der Waals surface area contributed by atoms with Crippen molar-refractivity contribution in [2.24, 2.45) is 0 Å². The van der Waals surface area contributed by atoms with Gasteiger partial charge in [0.1, 0.15) is 17.2 Å². The first-order chi connectivity index (χ1) is 9.39. The van der Waals surface area contributed by atoms with Gasteiger partial charge in [0.25, 0.3) is 0 Å². The van der Waals surface area contributed by atoms with Crippen LogP contribution in [0.1, 0.15) is 0 Å². The zero-order valence-corrected chi connectivity index (χ0v) is 10.2. The average molecular weight is 287 g/mol. The van der Waals surface area contributed by atoms with Crippen molar-refractivity contribution >= 4 is 0 Å². The molecule has 1 aromatic heterocycles. The Labute approximate surface area is 111 Å². The minimum absolute atomic E-state index is 0.0848. The largest absolute Gasteiger partial charge is 0.573 e. The highest BCUT2D eigenvalue weighted by molar-refractivity contribution is 5.62. The van der Waals surface area contributed by atoms with Crippen LogP contribution in [0.15, 0.2) is 36.5 Å². The number of aromatic nitrogens is 1. The number of pyridine rings is 1. The van der Waals surface area contributed by atoms with Gasteiger partial charge < -0.3 is 9.47 Å². The van der Waals surface area contributed by atoms with Crippen molar-refractivity contribution in [2.75, 3.05) is 7.11 Å². The molecule has 106 valence electrons. The number of hydrogen-bond donors (Lipinski definition) is 0. The van der Waals surface area contributed by atoms with Crippen LogP contribution in [0.4, 0.5) is 17.6 Å². The van der Waals surface area contributed by atoms with E-state index in [9.17, 15) is 17.6 Å². The molecule has 0 saturated carbocycles. The Morgan fingerprint density at radius 2 is 1.85 bits per heavy atom. The maximum atomic E-state index is 13.8. The van der Waals surface area contributed by atoms with Crippen LogP contribution in [0.25, 0.3) is 11.3 Å². The molecule has 0 unspecified atom stereocenters. The number of benzene rings is 1. The number of ether oxygens (including phenoxy) is 2. The third kappa shape index (κ3) is 3.37. The van der Waals surface area contributed by atoms with Crippen LogP contribution in [0.3, 0.4) is 0 Å². The topological polar surface area (TPSA) is 31.4 Å². The fraction of sp³-hybridized carbons (Fsp3) is 0.154. The molecule has 0 aliphatic heterocycles. The molecule has 0 radical (unpaired) electrons. The number of nitrogens with zero attached hydrogens (tertiary/aromatic N) is 1. The zero-order valence-electron chi connectivity index (χ0n) is 10.2. The van der Waals surface area contributed by atoms with E-state index in [0.29, 0.717) is 0 Å². The van der Waals surface area contributed by atoms with Gasteiger partial charge in [-0.1, -0.05) is 12.1 Å². The van der Waals surface area contributed by atoms with Crippen LogP contribution in [0.5, 0.6) is 11.5 Å². The molecule has 0 bridgehead atoms. The maximum Gasteiger partial charge on any atom is 0.573 e. The van der Waals surface area contributed by atoms with E-state index in [4.69, 9.17) is 4.74 Å². The molecule has 0 saturated heterocycles. The quantitative estimate of drug-likeness (QED) is 0.805. The Bertz CT molecular complexity index is 614. The fourth-order valence-corrected chi connectivity index (χ4v) is 1.58. The van der Waals surface area contributed by atoms with Crippen LogP contribution in [0, 0.1) is 5.82 Å². The molecule has 20 heavy (non-hydrogen) atoms. The van der Waals surface area contributed by atoms with Crippen molar-refractivity contribution in [2.45, 2.75) is 6.36 Å². The van der Waals surface area contributed by atoms with Gasteiger partial charge in [0.15, 0.2) is 5.82 Å². The van der Waals surface area contributed by atoms with Crippen LogP contribution in [0.2, 0.25) is 0 Å². The maximum absolute atomic E-state index is 13.8. The van der Waals surface area contributed by atoms with Gasteiger partial charge in [-0.25, -0.2) is 9.37 Å². The van der Waals surface area contributed by atoms with Gasteiger partial charge in [0, 0.05) is 11.6 Å². The molecule has 0 atom stereocenters. The summed E-state index contributed by atoms with van der Waals surface area (Å²) in [6.07, 6.45) is -3.53. The van der Waals surface area contributed by atoms with Gasteiger partial charge in [-0.2, -0.15) is 0 Å². The van der Waals surface area contributed by atoms with E-state index in [1.807, 2.05) is 0 Å². The van der Waals surface area contributed by atoms with Crippen LogP contribution >= 0.6 is 0 Å². The zero-order chi connectivity index (χ0) is 14.8. The SMILES string of the molecule is COc1cnc(-c2cccc(OC(F)(F)F)c2)c(F)c1. The Hall–Kier alpha value is -2.31. The fourth-order valence-electron chi connectivity index (χ4n) is 1.58. The average Bonchev–Trinajstić information content (AvgIpc) is 2.36. The second-order valence-electron chi connectivity index (χ2n) is 3.78. The van der Waals surface area contributed by atoms with Crippen molar-refractivity contribution in [3.8, 4) is 22.8 Å². The van der Waals surface area contributed by atoms with Crippen molar-refractivity contribution in [3.05, 3.63) is 42.3 Å².